The lowest BCUT2D eigenvalue weighted by atomic mass is 10.1. The lowest BCUT2D eigenvalue weighted by Crippen LogP contribution is -2.45. The van der Waals surface area contributed by atoms with Crippen LogP contribution < -0.4 is 16.4 Å². The first kappa shape index (κ1) is 16.2. The summed E-state index contributed by atoms with van der Waals surface area (Å²) in [4.78, 5) is 23.5. The van der Waals surface area contributed by atoms with Crippen molar-refractivity contribution in [1.29, 1.82) is 0 Å². The Balaban J connectivity index is 2.90. The lowest BCUT2D eigenvalue weighted by molar-refractivity contribution is -0.120. The average molecular weight is 277 g/mol. The van der Waals surface area contributed by atoms with Crippen molar-refractivity contribution < 1.29 is 9.59 Å². The Morgan fingerprint density at radius 3 is 2.25 bits per heavy atom. The van der Waals surface area contributed by atoms with Crippen molar-refractivity contribution in [2.75, 3.05) is 10.6 Å². The second-order valence-electron chi connectivity index (χ2n) is 5.45. The summed E-state index contributed by atoms with van der Waals surface area (Å²) in [5.41, 5.74) is 6.98. The number of carbonyl (C=O) groups is 2. The monoisotopic (exact) mass is 277 g/mol. The fraction of sp³-hybridized carbons (Fsp3) is 0.467. The third-order valence-corrected chi connectivity index (χ3v) is 2.92. The minimum Gasteiger partial charge on any atom is -0.326 e. The predicted octanol–water partition coefficient (Wildman–Crippen LogP) is 2.41. The third kappa shape index (κ3) is 4.35. The SMILES string of the molecule is CCCC(=O)Nc1cccc(NC(=O)C(C)(C)N)c1C. The fourth-order valence-electron chi connectivity index (χ4n) is 1.63. The smallest absolute Gasteiger partial charge is 0.243 e. The number of benzene rings is 1. The first-order valence-corrected chi connectivity index (χ1v) is 6.75. The van der Waals surface area contributed by atoms with Crippen LogP contribution in [0, 0.1) is 6.92 Å². The zero-order valence-corrected chi connectivity index (χ0v) is 12.5. The molecule has 0 fully saturated rings. The van der Waals surface area contributed by atoms with E-state index >= 15 is 0 Å². The Labute approximate surface area is 119 Å². The molecule has 110 valence electrons. The fourth-order valence-corrected chi connectivity index (χ4v) is 1.63. The molecule has 20 heavy (non-hydrogen) atoms. The van der Waals surface area contributed by atoms with Crippen LogP contribution in [-0.4, -0.2) is 17.4 Å². The van der Waals surface area contributed by atoms with Crippen molar-refractivity contribution in [1.82, 2.24) is 0 Å². The summed E-state index contributed by atoms with van der Waals surface area (Å²) in [6.45, 7) is 7.09. The van der Waals surface area contributed by atoms with Gasteiger partial charge in [-0.15, -0.1) is 0 Å². The zero-order chi connectivity index (χ0) is 15.3. The molecular formula is C15H23N3O2. The van der Waals surface area contributed by atoms with Crippen molar-refractivity contribution in [3.8, 4) is 0 Å². The maximum Gasteiger partial charge on any atom is 0.243 e. The van der Waals surface area contributed by atoms with Gasteiger partial charge in [-0.05, 0) is 44.9 Å². The molecule has 0 bridgehead atoms. The third-order valence-electron chi connectivity index (χ3n) is 2.92. The Morgan fingerprint density at radius 1 is 1.20 bits per heavy atom. The molecule has 1 aromatic carbocycles. The van der Waals surface area contributed by atoms with Gasteiger partial charge in [0.15, 0.2) is 0 Å². The molecule has 2 amide bonds. The van der Waals surface area contributed by atoms with Crippen molar-refractivity contribution in [3.05, 3.63) is 23.8 Å². The molecule has 0 radical (unpaired) electrons. The van der Waals surface area contributed by atoms with E-state index in [4.69, 9.17) is 5.73 Å². The minimum absolute atomic E-state index is 0.0294. The summed E-state index contributed by atoms with van der Waals surface area (Å²) in [7, 11) is 0. The summed E-state index contributed by atoms with van der Waals surface area (Å²) >= 11 is 0. The second-order valence-corrected chi connectivity index (χ2v) is 5.45. The molecule has 1 aromatic rings. The first-order chi connectivity index (χ1) is 9.25. The van der Waals surface area contributed by atoms with Crippen LogP contribution in [0.25, 0.3) is 0 Å². The molecule has 0 aliphatic rings. The topological polar surface area (TPSA) is 84.2 Å². The Bertz CT molecular complexity index is 504. The summed E-state index contributed by atoms with van der Waals surface area (Å²) in [6, 6.07) is 5.38. The highest BCUT2D eigenvalue weighted by molar-refractivity contribution is 5.99. The molecule has 0 aromatic heterocycles. The number of hydrogen-bond acceptors (Lipinski definition) is 3. The van der Waals surface area contributed by atoms with Crippen LogP contribution in [0.1, 0.15) is 39.2 Å². The van der Waals surface area contributed by atoms with Crippen LogP contribution in [0.5, 0.6) is 0 Å². The maximum atomic E-state index is 11.9. The Hall–Kier alpha value is -1.88. The number of amides is 2. The average Bonchev–Trinajstić information content (AvgIpc) is 2.33. The number of carbonyl (C=O) groups excluding carboxylic acids is 2. The van der Waals surface area contributed by atoms with Gasteiger partial charge >= 0.3 is 0 Å². The molecule has 0 saturated carbocycles. The van der Waals surface area contributed by atoms with E-state index in [1.54, 1.807) is 26.0 Å². The number of rotatable bonds is 5. The van der Waals surface area contributed by atoms with Gasteiger partial charge in [-0.2, -0.15) is 0 Å². The van der Waals surface area contributed by atoms with Crippen molar-refractivity contribution in [3.63, 3.8) is 0 Å². The van der Waals surface area contributed by atoms with Crippen molar-refractivity contribution in [2.45, 2.75) is 46.1 Å². The van der Waals surface area contributed by atoms with Crippen LogP contribution >= 0.6 is 0 Å². The van der Waals surface area contributed by atoms with Gasteiger partial charge in [0.05, 0.1) is 5.54 Å². The van der Waals surface area contributed by atoms with E-state index in [0.29, 0.717) is 17.8 Å². The van der Waals surface area contributed by atoms with Gasteiger partial charge in [0.2, 0.25) is 11.8 Å². The van der Waals surface area contributed by atoms with E-state index < -0.39 is 5.54 Å². The van der Waals surface area contributed by atoms with Crippen LogP contribution in [0.3, 0.4) is 0 Å². The molecule has 0 heterocycles. The molecule has 0 spiro atoms. The van der Waals surface area contributed by atoms with Gasteiger partial charge in [0, 0.05) is 17.8 Å². The van der Waals surface area contributed by atoms with E-state index in [1.165, 1.54) is 0 Å². The molecule has 0 unspecified atom stereocenters. The molecular weight excluding hydrogens is 254 g/mol. The van der Waals surface area contributed by atoms with E-state index in [0.717, 1.165) is 12.0 Å². The first-order valence-electron chi connectivity index (χ1n) is 6.75. The molecule has 0 atom stereocenters. The number of nitrogens with two attached hydrogens (primary N) is 1. The van der Waals surface area contributed by atoms with Crippen LogP contribution in [0.2, 0.25) is 0 Å². The Kier molecular flexibility index (Phi) is 5.27. The quantitative estimate of drug-likeness (QED) is 0.772. The highest BCUT2D eigenvalue weighted by Gasteiger charge is 2.22. The molecule has 5 heteroatoms. The van der Waals surface area contributed by atoms with Gasteiger partial charge in [-0.25, -0.2) is 0 Å². The van der Waals surface area contributed by atoms with E-state index in [1.807, 2.05) is 19.9 Å². The maximum absolute atomic E-state index is 11.9. The zero-order valence-electron chi connectivity index (χ0n) is 12.5. The predicted molar refractivity (Wildman–Crippen MR) is 81.6 cm³/mol. The molecule has 1 rings (SSSR count). The van der Waals surface area contributed by atoms with Gasteiger partial charge < -0.3 is 16.4 Å². The van der Waals surface area contributed by atoms with Crippen molar-refractivity contribution in [2.24, 2.45) is 5.73 Å². The summed E-state index contributed by atoms with van der Waals surface area (Å²) < 4.78 is 0. The van der Waals surface area contributed by atoms with E-state index in [2.05, 4.69) is 10.6 Å². The summed E-state index contributed by atoms with van der Waals surface area (Å²) in [5.74, 6) is -0.295. The van der Waals surface area contributed by atoms with E-state index in [-0.39, 0.29) is 11.8 Å². The van der Waals surface area contributed by atoms with Gasteiger partial charge in [-0.1, -0.05) is 13.0 Å². The second kappa shape index (κ2) is 6.52. The van der Waals surface area contributed by atoms with E-state index in [9.17, 15) is 9.59 Å². The van der Waals surface area contributed by atoms with Gasteiger partial charge in [-0.3, -0.25) is 9.59 Å². The van der Waals surface area contributed by atoms with Gasteiger partial charge in [0.1, 0.15) is 0 Å². The van der Waals surface area contributed by atoms with Crippen molar-refractivity contribution >= 4 is 23.2 Å². The number of nitrogens with one attached hydrogen (secondary N) is 2. The van der Waals surface area contributed by atoms with Crippen LogP contribution in [-0.2, 0) is 9.59 Å². The molecule has 5 nitrogen and oxygen atoms in total. The molecule has 4 N–H and O–H groups in total. The molecule has 0 aliphatic heterocycles. The molecule has 0 aliphatic carbocycles. The number of hydrogen-bond donors (Lipinski definition) is 3. The minimum atomic E-state index is -0.950. The normalized spacial score (nSPS) is 11.1. The Morgan fingerprint density at radius 2 is 1.75 bits per heavy atom. The summed E-state index contributed by atoms with van der Waals surface area (Å²) in [5, 5.41) is 5.62. The standard InChI is InChI=1S/C15H23N3O2/c1-5-7-13(19)17-11-8-6-9-12(10(11)2)18-14(20)15(3,4)16/h6,8-9H,5,7,16H2,1-4H3,(H,17,19)(H,18,20). The number of anilines is 2. The summed E-state index contributed by atoms with van der Waals surface area (Å²) in [6.07, 6.45) is 1.27. The molecule has 0 saturated heterocycles. The van der Waals surface area contributed by atoms with Crippen LogP contribution in [0.15, 0.2) is 18.2 Å². The largest absolute Gasteiger partial charge is 0.326 e. The van der Waals surface area contributed by atoms with Gasteiger partial charge in [0.25, 0.3) is 0 Å². The van der Waals surface area contributed by atoms with Crippen LogP contribution in [0.4, 0.5) is 11.4 Å². The lowest BCUT2D eigenvalue weighted by Gasteiger charge is -2.20. The highest BCUT2D eigenvalue weighted by atomic mass is 16.2. The highest BCUT2D eigenvalue weighted by Crippen LogP contribution is 2.24.